The molecule has 1 unspecified atom stereocenters. The van der Waals surface area contributed by atoms with E-state index in [-0.39, 0.29) is 11.8 Å². The Kier molecular flexibility index (Phi) is 7.20. The van der Waals surface area contributed by atoms with Gasteiger partial charge in [0, 0.05) is 19.8 Å². The van der Waals surface area contributed by atoms with E-state index in [2.05, 4.69) is 0 Å². The normalized spacial score (nSPS) is 20.3. The maximum Gasteiger partial charge on any atom is 0.490 e. The summed E-state index contributed by atoms with van der Waals surface area (Å²) in [4.78, 5) is 34.6. The SMILES string of the molecule is N[C@H](C(=O)N1Cc2ccccc2C1C(=O)O)C1CCOCC1.O=C(O)C(F)(F)F. The summed E-state index contributed by atoms with van der Waals surface area (Å²) < 4.78 is 37.0. The van der Waals surface area contributed by atoms with E-state index in [0.717, 1.165) is 18.4 Å². The van der Waals surface area contributed by atoms with Gasteiger partial charge in [-0.25, -0.2) is 9.59 Å². The Morgan fingerprint density at radius 2 is 1.69 bits per heavy atom. The molecule has 2 aliphatic rings. The molecule has 0 radical (unpaired) electrons. The van der Waals surface area contributed by atoms with Crippen molar-refractivity contribution in [2.24, 2.45) is 11.7 Å². The lowest BCUT2D eigenvalue weighted by Gasteiger charge is -2.31. The molecule has 0 aromatic heterocycles. The zero-order chi connectivity index (χ0) is 21.8. The van der Waals surface area contributed by atoms with E-state index >= 15 is 0 Å². The number of benzene rings is 1. The number of ether oxygens (including phenoxy) is 1. The number of amides is 1. The van der Waals surface area contributed by atoms with Crippen molar-refractivity contribution < 1.29 is 42.5 Å². The van der Waals surface area contributed by atoms with Crippen LogP contribution in [-0.4, -0.2) is 58.4 Å². The maximum atomic E-state index is 12.7. The molecule has 29 heavy (non-hydrogen) atoms. The number of rotatable bonds is 3. The molecule has 2 heterocycles. The molecule has 1 saturated heterocycles. The first-order valence-electron chi connectivity index (χ1n) is 8.78. The molecule has 1 aromatic carbocycles. The van der Waals surface area contributed by atoms with E-state index < -0.39 is 30.2 Å². The van der Waals surface area contributed by atoms with E-state index in [0.29, 0.717) is 25.3 Å². The Morgan fingerprint density at radius 3 is 2.21 bits per heavy atom. The fourth-order valence-corrected chi connectivity index (χ4v) is 3.33. The molecular weight excluding hydrogens is 397 g/mol. The van der Waals surface area contributed by atoms with Gasteiger partial charge in [-0.2, -0.15) is 13.2 Å². The second kappa shape index (κ2) is 9.23. The van der Waals surface area contributed by atoms with Gasteiger partial charge < -0.3 is 25.6 Å². The van der Waals surface area contributed by atoms with Crippen LogP contribution in [0.4, 0.5) is 13.2 Å². The highest BCUT2D eigenvalue weighted by atomic mass is 19.4. The number of carboxylic acid groups (broad SMARTS) is 2. The highest BCUT2D eigenvalue weighted by Gasteiger charge is 2.41. The van der Waals surface area contributed by atoms with Crippen molar-refractivity contribution in [2.45, 2.75) is 37.6 Å². The van der Waals surface area contributed by atoms with E-state index in [1.54, 1.807) is 12.1 Å². The van der Waals surface area contributed by atoms with Crippen molar-refractivity contribution in [3.8, 4) is 0 Å². The zero-order valence-electron chi connectivity index (χ0n) is 15.3. The van der Waals surface area contributed by atoms with Crippen LogP contribution in [0.2, 0.25) is 0 Å². The second-order valence-electron chi connectivity index (χ2n) is 6.68. The average molecular weight is 418 g/mol. The van der Waals surface area contributed by atoms with Crippen LogP contribution in [-0.2, 0) is 25.7 Å². The molecule has 0 bridgehead atoms. The van der Waals surface area contributed by atoms with Gasteiger partial charge in [0.2, 0.25) is 5.91 Å². The number of nitrogens with zero attached hydrogens (tertiary/aromatic N) is 1. The smallest absolute Gasteiger partial charge is 0.479 e. The van der Waals surface area contributed by atoms with Crippen LogP contribution in [0.5, 0.6) is 0 Å². The van der Waals surface area contributed by atoms with Crippen molar-refractivity contribution in [1.29, 1.82) is 0 Å². The fraction of sp³-hybridized carbons (Fsp3) is 0.500. The molecule has 0 spiro atoms. The highest BCUT2D eigenvalue weighted by Crippen LogP contribution is 2.35. The number of carbonyl (C=O) groups excluding carboxylic acids is 1. The highest BCUT2D eigenvalue weighted by molar-refractivity contribution is 5.89. The summed E-state index contributed by atoms with van der Waals surface area (Å²) in [6.45, 7) is 1.52. The Bertz CT molecular complexity index is 764. The number of carbonyl (C=O) groups is 3. The second-order valence-corrected chi connectivity index (χ2v) is 6.68. The van der Waals surface area contributed by atoms with Gasteiger partial charge in [0.1, 0.15) is 0 Å². The third-order valence-corrected chi connectivity index (χ3v) is 4.82. The first-order valence-corrected chi connectivity index (χ1v) is 8.78. The number of halogens is 3. The molecular formula is C18H21F3N2O6. The van der Waals surface area contributed by atoms with Crippen molar-refractivity contribution in [3.63, 3.8) is 0 Å². The minimum atomic E-state index is -5.08. The summed E-state index contributed by atoms with van der Waals surface area (Å²) >= 11 is 0. The zero-order valence-corrected chi connectivity index (χ0v) is 15.3. The Hall–Kier alpha value is -2.66. The Labute approximate surface area is 164 Å². The minimum Gasteiger partial charge on any atom is -0.479 e. The lowest BCUT2D eigenvalue weighted by atomic mass is 9.91. The quantitative estimate of drug-likeness (QED) is 0.679. The van der Waals surface area contributed by atoms with Crippen molar-refractivity contribution in [2.75, 3.05) is 13.2 Å². The number of carboxylic acids is 2. The number of hydrogen-bond acceptors (Lipinski definition) is 5. The molecule has 160 valence electrons. The summed E-state index contributed by atoms with van der Waals surface area (Å²) in [6.07, 6.45) is -3.60. The number of alkyl halides is 3. The van der Waals surface area contributed by atoms with Gasteiger partial charge in [-0.3, -0.25) is 4.79 Å². The van der Waals surface area contributed by atoms with Gasteiger partial charge >= 0.3 is 18.1 Å². The first kappa shape index (κ1) is 22.6. The lowest BCUT2D eigenvalue weighted by Crippen LogP contribution is -2.49. The van der Waals surface area contributed by atoms with Gasteiger partial charge in [-0.05, 0) is 29.9 Å². The molecule has 0 aliphatic carbocycles. The van der Waals surface area contributed by atoms with Crippen LogP contribution >= 0.6 is 0 Å². The van der Waals surface area contributed by atoms with Gasteiger partial charge in [-0.15, -0.1) is 0 Å². The van der Waals surface area contributed by atoms with E-state index in [9.17, 15) is 27.9 Å². The van der Waals surface area contributed by atoms with Crippen LogP contribution in [0.15, 0.2) is 24.3 Å². The molecule has 0 saturated carbocycles. The van der Waals surface area contributed by atoms with Crippen LogP contribution < -0.4 is 5.73 Å². The average Bonchev–Trinajstić information content (AvgIpc) is 3.07. The summed E-state index contributed by atoms with van der Waals surface area (Å²) in [5, 5.41) is 16.6. The van der Waals surface area contributed by atoms with Gasteiger partial charge in [0.05, 0.1) is 6.04 Å². The standard InChI is InChI=1S/C16H20N2O4.C2HF3O2/c17-13(10-5-7-22-8-6-10)15(19)18-9-11-3-1-2-4-12(11)14(18)16(20)21;3-2(4,5)1(6)7/h1-4,10,13-14H,5-9,17H2,(H,20,21);(H,6,7)/t13-,14?;/m0./s1. The minimum absolute atomic E-state index is 0.0550. The summed E-state index contributed by atoms with van der Waals surface area (Å²) in [6, 6.07) is 5.67. The number of hydrogen-bond donors (Lipinski definition) is 3. The van der Waals surface area contributed by atoms with Gasteiger partial charge in [0.15, 0.2) is 6.04 Å². The van der Waals surface area contributed by atoms with Crippen molar-refractivity contribution >= 4 is 17.8 Å². The molecule has 2 atom stereocenters. The van der Waals surface area contributed by atoms with E-state index in [1.165, 1.54) is 4.90 Å². The monoisotopic (exact) mass is 418 g/mol. The molecule has 11 heteroatoms. The van der Waals surface area contributed by atoms with Crippen molar-refractivity contribution in [3.05, 3.63) is 35.4 Å². The Balaban J connectivity index is 0.000000370. The molecule has 1 amide bonds. The summed E-state index contributed by atoms with van der Waals surface area (Å²) in [5.41, 5.74) is 7.69. The van der Waals surface area contributed by atoms with Crippen LogP contribution in [0.25, 0.3) is 0 Å². The Morgan fingerprint density at radius 1 is 1.14 bits per heavy atom. The summed E-state index contributed by atoms with van der Waals surface area (Å²) in [5.74, 6) is -4.00. The number of fused-ring (bicyclic) bond motifs is 1. The molecule has 4 N–H and O–H groups in total. The number of nitrogens with two attached hydrogens (primary N) is 1. The first-order chi connectivity index (χ1) is 13.5. The maximum absolute atomic E-state index is 12.7. The van der Waals surface area contributed by atoms with Crippen LogP contribution in [0, 0.1) is 5.92 Å². The third kappa shape index (κ3) is 5.45. The largest absolute Gasteiger partial charge is 0.490 e. The summed E-state index contributed by atoms with van der Waals surface area (Å²) in [7, 11) is 0. The molecule has 1 fully saturated rings. The van der Waals surface area contributed by atoms with Gasteiger partial charge in [0.25, 0.3) is 0 Å². The van der Waals surface area contributed by atoms with Gasteiger partial charge in [-0.1, -0.05) is 24.3 Å². The number of aliphatic carboxylic acids is 2. The predicted octanol–water partition coefficient (Wildman–Crippen LogP) is 1.54. The van der Waals surface area contributed by atoms with Crippen LogP contribution in [0.3, 0.4) is 0 Å². The molecule has 1 aromatic rings. The van der Waals surface area contributed by atoms with E-state index in [4.69, 9.17) is 20.4 Å². The lowest BCUT2D eigenvalue weighted by molar-refractivity contribution is -0.192. The molecule has 8 nitrogen and oxygen atoms in total. The molecule has 3 rings (SSSR count). The molecule has 2 aliphatic heterocycles. The van der Waals surface area contributed by atoms with E-state index in [1.807, 2.05) is 12.1 Å². The third-order valence-electron chi connectivity index (χ3n) is 4.82. The van der Waals surface area contributed by atoms with Crippen molar-refractivity contribution in [1.82, 2.24) is 4.90 Å². The predicted molar refractivity (Wildman–Crippen MR) is 92.6 cm³/mol. The topological polar surface area (TPSA) is 130 Å². The fourth-order valence-electron chi connectivity index (χ4n) is 3.33. The van der Waals surface area contributed by atoms with Crippen LogP contribution in [0.1, 0.15) is 30.0 Å².